The minimum absolute atomic E-state index is 0.0821. The summed E-state index contributed by atoms with van der Waals surface area (Å²) in [6.45, 7) is 0.188. The molecule has 0 fully saturated rings. The first-order valence-electron chi connectivity index (χ1n) is 5.83. The molecule has 0 saturated carbocycles. The summed E-state index contributed by atoms with van der Waals surface area (Å²) in [6, 6.07) is 2.01. The van der Waals surface area contributed by atoms with E-state index in [1.165, 1.54) is 5.56 Å². The van der Waals surface area contributed by atoms with Crippen molar-refractivity contribution in [2.24, 2.45) is 5.73 Å². The van der Waals surface area contributed by atoms with Gasteiger partial charge in [-0.3, -0.25) is 5.41 Å². The smallest absolute Gasteiger partial charge is 0.125 e. The van der Waals surface area contributed by atoms with Crippen LogP contribution in [0.25, 0.3) is 0 Å². The lowest BCUT2D eigenvalue weighted by atomic mass is 10.1. The molecule has 0 unspecified atom stereocenters. The molecule has 0 atom stereocenters. The molecule has 1 aromatic rings. The van der Waals surface area contributed by atoms with Crippen LogP contribution in [-0.4, -0.2) is 28.3 Å². The number of nitrogens with two attached hydrogens (primary N) is 1. The van der Waals surface area contributed by atoms with Crippen LogP contribution in [0.15, 0.2) is 11.1 Å². The van der Waals surface area contributed by atoms with Gasteiger partial charge < -0.3 is 10.8 Å². The van der Waals surface area contributed by atoms with Gasteiger partial charge in [-0.05, 0) is 37.3 Å². The fourth-order valence-electron chi connectivity index (χ4n) is 1.99. The van der Waals surface area contributed by atoms with Gasteiger partial charge in [0, 0.05) is 23.6 Å². The van der Waals surface area contributed by atoms with Gasteiger partial charge in [0.2, 0.25) is 0 Å². The van der Waals surface area contributed by atoms with Crippen LogP contribution in [0.5, 0.6) is 0 Å². The highest BCUT2D eigenvalue weighted by Gasteiger charge is 2.17. The van der Waals surface area contributed by atoms with Crippen molar-refractivity contribution in [1.29, 1.82) is 5.41 Å². The Labute approximate surface area is 105 Å². The highest BCUT2D eigenvalue weighted by atomic mass is 32.2. The molecule has 4 N–H and O–H groups in total. The van der Waals surface area contributed by atoms with Crippen molar-refractivity contribution in [2.75, 3.05) is 12.4 Å². The molecule has 1 heterocycles. The molecule has 1 aliphatic carbocycles. The molecule has 17 heavy (non-hydrogen) atoms. The number of nitrogens with one attached hydrogen (secondary N) is 1. The topological polar surface area (TPSA) is 83.0 Å². The summed E-state index contributed by atoms with van der Waals surface area (Å²) in [5, 5.41) is 17.2. The van der Waals surface area contributed by atoms with Gasteiger partial charge in [0.15, 0.2) is 0 Å². The molecular weight excluding hydrogens is 234 g/mol. The third-order valence-electron chi connectivity index (χ3n) is 2.85. The summed E-state index contributed by atoms with van der Waals surface area (Å²) in [4.78, 5) is 4.61. The maximum Gasteiger partial charge on any atom is 0.125 e. The lowest BCUT2D eigenvalue weighted by molar-refractivity contribution is 0.296. The minimum Gasteiger partial charge on any atom is -0.396 e. The number of aliphatic hydroxyl groups is 1. The van der Waals surface area contributed by atoms with Crippen LogP contribution < -0.4 is 5.73 Å². The Morgan fingerprint density at radius 1 is 1.53 bits per heavy atom. The van der Waals surface area contributed by atoms with E-state index in [2.05, 4.69) is 4.98 Å². The van der Waals surface area contributed by atoms with E-state index in [1.54, 1.807) is 11.8 Å². The number of amidine groups is 1. The van der Waals surface area contributed by atoms with Gasteiger partial charge in [0.1, 0.15) is 10.9 Å². The lowest BCUT2D eigenvalue weighted by Crippen LogP contribution is -2.14. The Morgan fingerprint density at radius 3 is 3.06 bits per heavy atom. The quantitative estimate of drug-likeness (QED) is 0.319. The number of aryl methyl sites for hydroxylation is 2. The molecule has 0 bridgehead atoms. The molecule has 2 rings (SSSR count). The molecule has 1 aliphatic rings. The molecule has 0 aliphatic heterocycles. The number of fused-ring (bicyclic) bond motifs is 1. The SMILES string of the molecule is N=C(N)c1cc2c(nc1SCCCO)CCC2. The fraction of sp³-hybridized carbons (Fsp3) is 0.500. The first kappa shape index (κ1) is 12.4. The number of aromatic nitrogens is 1. The third-order valence-corrected chi connectivity index (χ3v) is 3.92. The summed E-state index contributed by atoms with van der Waals surface area (Å²) in [6.07, 6.45) is 3.95. The van der Waals surface area contributed by atoms with E-state index in [9.17, 15) is 0 Å². The molecule has 0 radical (unpaired) electrons. The van der Waals surface area contributed by atoms with E-state index in [1.807, 2.05) is 6.07 Å². The second kappa shape index (κ2) is 5.51. The molecule has 4 nitrogen and oxygen atoms in total. The van der Waals surface area contributed by atoms with Crippen molar-refractivity contribution in [2.45, 2.75) is 30.7 Å². The molecule has 0 saturated heterocycles. The number of rotatable bonds is 5. The maximum absolute atomic E-state index is 8.78. The Hall–Kier alpha value is -1.07. The molecule has 0 spiro atoms. The number of nitrogens with zero attached hydrogens (tertiary/aromatic N) is 1. The molecule has 5 heteroatoms. The number of hydrogen-bond donors (Lipinski definition) is 3. The van der Waals surface area contributed by atoms with Crippen molar-refractivity contribution in [3.8, 4) is 0 Å². The van der Waals surface area contributed by atoms with Crippen LogP contribution in [0.2, 0.25) is 0 Å². The van der Waals surface area contributed by atoms with Gasteiger partial charge in [-0.15, -0.1) is 11.8 Å². The lowest BCUT2D eigenvalue weighted by Gasteiger charge is -2.09. The number of nitrogen functional groups attached to an aromatic ring is 1. The van der Waals surface area contributed by atoms with Crippen molar-refractivity contribution in [1.82, 2.24) is 4.98 Å². The van der Waals surface area contributed by atoms with E-state index in [0.29, 0.717) is 0 Å². The summed E-state index contributed by atoms with van der Waals surface area (Å²) >= 11 is 1.57. The molecule has 1 aromatic heterocycles. The first-order chi connectivity index (χ1) is 8.22. The molecule has 0 aromatic carbocycles. The average molecular weight is 251 g/mol. The third kappa shape index (κ3) is 2.79. The van der Waals surface area contributed by atoms with Crippen LogP contribution in [0.4, 0.5) is 0 Å². The number of thioether (sulfide) groups is 1. The van der Waals surface area contributed by atoms with E-state index < -0.39 is 0 Å². The largest absolute Gasteiger partial charge is 0.396 e. The maximum atomic E-state index is 8.78. The van der Waals surface area contributed by atoms with E-state index >= 15 is 0 Å². The van der Waals surface area contributed by atoms with Crippen LogP contribution in [0.1, 0.15) is 29.7 Å². The Morgan fingerprint density at radius 2 is 2.35 bits per heavy atom. The van der Waals surface area contributed by atoms with Gasteiger partial charge >= 0.3 is 0 Å². The van der Waals surface area contributed by atoms with Gasteiger partial charge in [-0.2, -0.15) is 0 Å². The van der Waals surface area contributed by atoms with Crippen LogP contribution in [-0.2, 0) is 12.8 Å². The summed E-state index contributed by atoms with van der Waals surface area (Å²) in [5.74, 6) is 0.890. The van der Waals surface area contributed by atoms with Gasteiger partial charge in [-0.25, -0.2) is 4.98 Å². The summed E-state index contributed by atoms with van der Waals surface area (Å²) in [7, 11) is 0. The normalized spacial score (nSPS) is 13.7. The average Bonchev–Trinajstić information content (AvgIpc) is 2.75. The summed E-state index contributed by atoms with van der Waals surface area (Å²) < 4.78 is 0. The predicted octanol–water partition coefficient (Wildman–Crippen LogP) is 1.33. The molecular formula is C12H17N3OS. The van der Waals surface area contributed by atoms with Crippen molar-refractivity contribution in [3.05, 3.63) is 22.9 Å². The van der Waals surface area contributed by atoms with Crippen molar-refractivity contribution < 1.29 is 5.11 Å². The highest BCUT2D eigenvalue weighted by molar-refractivity contribution is 7.99. The Balaban J connectivity index is 2.25. The monoisotopic (exact) mass is 251 g/mol. The number of pyridine rings is 1. The predicted molar refractivity (Wildman–Crippen MR) is 69.7 cm³/mol. The highest BCUT2D eigenvalue weighted by Crippen LogP contribution is 2.28. The minimum atomic E-state index is 0.0821. The number of hydrogen-bond acceptors (Lipinski definition) is 4. The summed E-state index contributed by atoms with van der Waals surface area (Å²) in [5.41, 5.74) is 8.73. The van der Waals surface area contributed by atoms with Crippen molar-refractivity contribution in [3.63, 3.8) is 0 Å². The fourth-order valence-corrected chi connectivity index (χ4v) is 2.96. The second-order valence-corrected chi connectivity index (χ2v) is 5.22. The zero-order chi connectivity index (χ0) is 12.3. The van der Waals surface area contributed by atoms with E-state index in [4.69, 9.17) is 16.2 Å². The van der Waals surface area contributed by atoms with E-state index in [-0.39, 0.29) is 12.4 Å². The second-order valence-electron chi connectivity index (χ2n) is 4.14. The zero-order valence-corrected chi connectivity index (χ0v) is 10.5. The van der Waals surface area contributed by atoms with Crippen molar-refractivity contribution >= 4 is 17.6 Å². The van der Waals surface area contributed by atoms with Gasteiger partial charge in [0.05, 0.1) is 0 Å². The van der Waals surface area contributed by atoms with E-state index in [0.717, 1.165) is 47.7 Å². The van der Waals surface area contributed by atoms with Crippen LogP contribution in [0, 0.1) is 5.41 Å². The molecule has 0 amide bonds. The zero-order valence-electron chi connectivity index (χ0n) is 9.70. The standard InChI is InChI=1S/C12H17N3OS/c13-11(14)9-7-8-3-1-4-10(8)15-12(9)17-6-2-5-16/h7,16H,1-6H2,(H3,13,14). The van der Waals surface area contributed by atoms with Crippen LogP contribution >= 0.6 is 11.8 Å². The molecule has 92 valence electrons. The van der Waals surface area contributed by atoms with Crippen LogP contribution in [0.3, 0.4) is 0 Å². The Bertz CT molecular complexity index is 434. The van der Waals surface area contributed by atoms with Gasteiger partial charge in [-0.1, -0.05) is 0 Å². The Kier molecular flexibility index (Phi) is 4.02. The number of aliphatic hydroxyl groups excluding tert-OH is 1. The van der Waals surface area contributed by atoms with Gasteiger partial charge in [0.25, 0.3) is 0 Å². The first-order valence-corrected chi connectivity index (χ1v) is 6.81.